The van der Waals surface area contributed by atoms with Gasteiger partial charge in [0.1, 0.15) is 5.75 Å². The Balaban J connectivity index is 1.38. The highest BCUT2D eigenvalue weighted by Crippen LogP contribution is 2.23. The predicted octanol–water partition coefficient (Wildman–Crippen LogP) is 4.50. The lowest BCUT2D eigenvalue weighted by atomic mass is 10.0. The molecule has 0 bridgehead atoms. The van der Waals surface area contributed by atoms with Crippen LogP contribution >= 0.6 is 0 Å². The predicted molar refractivity (Wildman–Crippen MR) is 121 cm³/mol. The van der Waals surface area contributed by atoms with Gasteiger partial charge in [-0.15, -0.1) is 0 Å². The van der Waals surface area contributed by atoms with Crippen LogP contribution in [0.4, 0.5) is 16.5 Å². The standard InChI is InChI=1S/C24H26N4O4/c1-16(2)18-6-8-19(9-7-18)26-22(29)21-14-25-23(32-21)28-13-12-27(24(28)30)15-17-4-10-20(31-3)11-5-17/h4-11,14,16H,12-13,15H2,1-3H3,(H,26,29). The van der Waals surface area contributed by atoms with Crippen molar-refractivity contribution in [2.24, 2.45) is 0 Å². The summed E-state index contributed by atoms with van der Waals surface area (Å²) in [5, 5.41) is 2.79. The summed E-state index contributed by atoms with van der Waals surface area (Å²) >= 11 is 0. The van der Waals surface area contributed by atoms with E-state index in [-0.39, 0.29) is 17.8 Å². The second kappa shape index (κ2) is 9.13. The summed E-state index contributed by atoms with van der Waals surface area (Å²) in [6, 6.07) is 15.2. The van der Waals surface area contributed by atoms with Gasteiger partial charge >= 0.3 is 12.0 Å². The molecule has 8 heteroatoms. The van der Waals surface area contributed by atoms with E-state index in [0.29, 0.717) is 31.2 Å². The highest BCUT2D eigenvalue weighted by atomic mass is 16.5. The molecule has 1 aliphatic heterocycles. The highest BCUT2D eigenvalue weighted by Gasteiger charge is 2.33. The van der Waals surface area contributed by atoms with Gasteiger partial charge in [-0.2, -0.15) is 0 Å². The number of carbonyl (C=O) groups excluding carboxylic acids is 2. The van der Waals surface area contributed by atoms with E-state index in [2.05, 4.69) is 24.1 Å². The fourth-order valence-electron chi connectivity index (χ4n) is 3.50. The Labute approximate surface area is 186 Å². The zero-order valence-electron chi connectivity index (χ0n) is 18.4. The molecule has 3 aromatic rings. The van der Waals surface area contributed by atoms with Crippen LogP contribution in [0.25, 0.3) is 0 Å². The van der Waals surface area contributed by atoms with E-state index in [0.717, 1.165) is 11.3 Å². The maximum absolute atomic E-state index is 12.8. The van der Waals surface area contributed by atoms with Crippen molar-refractivity contribution >= 4 is 23.6 Å². The number of benzene rings is 2. The van der Waals surface area contributed by atoms with Crippen LogP contribution in [0.2, 0.25) is 0 Å². The number of methoxy groups -OCH3 is 1. The molecule has 1 fully saturated rings. The lowest BCUT2D eigenvalue weighted by molar-refractivity contribution is 0.0997. The SMILES string of the molecule is COc1ccc(CN2CCN(c3ncc(C(=O)Nc4ccc(C(C)C)cc4)o3)C2=O)cc1. The number of aromatic nitrogens is 1. The number of nitrogens with one attached hydrogen (secondary N) is 1. The van der Waals surface area contributed by atoms with Crippen LogP contribution in [0.3, 0.4) is 0 Å². The van der Waals surface area contributed by atoms with Gasteiger partial charge in [0, 0.05) is 25.3 Å². The Bertz CT molecular complexity index is 1090. The first-order chi connectivity index (χ1) is 15.4. The van der Waals surface area contributed by atoms with Gasteiger partial charge in [0.25, 0.3) is 5.91 Å². The maximum Gasteiger partial charge on any atom is 0.328 e. The van der Waals surface area contributed by atoms with Crippen molar-refractivity contribution in [3.8, 4) is 5.75 Å². The summed E-state index contributed by atoms with van der Waals surface area (Å²) in [4.78, 5) is 32.6. The number of hydrogen-bond acceptors (Lipinski definition) is 5. The third-order valence-electron chi connectivity index (χ3n) is 5.41. The molecule has 8 nitrogen and oxygen atoms in total. The van der Waals surface area contributed by atoms with Gasteiger partial charge in [-0.1, -0.05) is 38.1 Å². The van der Waals surface area contributed by atoms with E-state index in [1.54, 1.807) is 12.0 Å². The molecule has 1 aliphatic rings. The molecule has 1 saturated heterocycles. The van der Waals surface area contributed by atoms with Gasteiger partial charge < -0.3 is 19.4 Å². The molecule has 3 amide bonds. The Hall–Kier alpha value is -3.81. The summed E-state index contributed by atoms with van der Waals surface area (Å²) in [6.45, 7) is 5.67. The minimum Gasteiger partial charge on any atom is -0.497 e. The minimum absolute atomic E-state index is 0.0503. The average molecular weight is 434 g/mol. The first kappa shape index (κ1) is 21.4. The first-order valence-electron chi connectivity index (χ1n) is 10.5. The highest BCUT2D eigenvalue weighted by molar-refractivity contribution is 6.02. The smallest absolute Gasteiger partial charge is 0.328 e. The number of nitrogens with zero attached hydrogens (tertiary/aromatic N) is 3. The van der Waals surface area contributed by atoms with Gasteiger partial charge in [0.05, 0.1) is 13.3 Å². The molecule has 32 heavy (non-hydrogen) atoms. The van der Waals surface area contributed by atoms with E-state index < -0.39 is 5.91 Å². The lowest BCUT2D eigenvalue weighted by Gasteiger charge is -2.16. The Kier molecular flexibility index (Phi) is 6.11. The third kappa shape index (κ3) is 4.59. The maximum atomic E-state index is 12.8. The lowest BCUT2D eigenvalue weighted by Crippen LogP contribution is -2.31. The molecule has 0 unspecified atom stereocenters. The molecule has 0 aliphatic carbocycles. The largest absolute Gasteiger partial charge is 0.497 e. The van der Waals surface area contributed by atoms with Crippen molar-refractivity contribution in [2.45, 2.75) is 26.3 Å². The Morgan fingerprint density at radius 3 is 2.50 bits per heavy atom. The number of rotatable bonds is 7. The van der Waals surface area contributed by atoms with Gasteiger partial charge in [0.15, 0.2) is 0 Å². The fourth-order valence-corrected chi connectivity index (χ4v) is 3.50. The molecule has 2 heterocycles. The van der Waals surface area contributed by atoms with Gasteiger partial charge in [-0.05, 0) is 41.3 Å². The molecule has 166 valence electrons. The number of oxazole rings is 1. The molecule has 1 N–H and O–H groups in total. The number of carbonyl (C=O) groups is 2. The van der Waals surface area contributed by atoms with Gasteiger partial charge in [0.2, 0.25) is 5.76 Å². The molecule has 2 aromatic carbocycles. The van der Waals surface area contributed by atoms with Crippen molar-refractivity contribution in [2.75, 3.05) is 30.4 Å². The van der Waals surface area contributed by atoms with Gasteiger partial charge in [-0.25, -0.2) is 14.7 Å². The fraction of sp³-hybridized carbons (Fsp3) is 0.292. The first-order valence-corrected chi connectivity index (χ1v) is 10.5. The van der Waals surface area contributed by atoms with E-state index in [1.807, 2.05) is 48.5 Å². The van der Waals surface area contributed by atoms with Crippen molar-refractivity contribution in [1.82, 2.24) is 9.88 Å². The van der Waals surface area contributed by atoms with Crippen LogP contribution in [0.1, 0.15) is 41.4 Å². The molecular formula is C24H26N4O4. The number of anilines is 2. The van der Waals surface area contributed by atoms with Crippen molar-refractivity contribution < 1.29 is 18.7 Å². The number of urea groups is 1. The number of ether oxygens (including phenoxy) is 1. The van der Waals surface area contributed by atoms with E-state index in [4.69, 9.17) is 9.15 Å². The second-order valence-corrected chi connectivity index (χ2v) is 7.94. The molecule has 0 spiro atoms. The minimum atomic E-state index is -0.414. The van der Waals surface area contributed by atoms with Crippen LogP contribution < -0.4 is 15.0 Å². The van der Waals surface area contributed by atoms with Crippen LogP contribution in [0, 0.1) is 0 Å². The Morgan fingerprint density at radius 2 is 1.84 bits per heavy atom. The molecule has 4 rings (SSSR count). The van der Waals surface area contributed by atoms with E-state index in [1.165, 1.54) is 16.7 Å². The van der Waals surface area contributed by atoms with Crippen molar-refractivity contribution in [3.05, 3.63) is 71.6 Å². The van der Waals surface area contributed by atoms with E-state index in [9.17, 15) is 9.59 Å². The van der Waals surface area contributed by atoms with Gasteiger partial charge in [-0.3, -0.25) is 4.79 Å². The molecule has 0 saturated carbocycles. The average Bonchev–Trinajstić information content (AvgIpc) is 3.42. The quantitative estimate of drug-likeness (QED) is 0.591. The summed E-state index contributed by atoms with van der Waals surface area (Å²) < 4.78 is 10.8. The molecular weight excluding hydrogens is 408 g/mol. The summed E-state index contributed by atoms with van der Waals surface area (Å²) in [6.07, 6.45) is 1.34. The van der Waals surface area contributed by atoms with Crippen LogP contribution in [0.5, 0.6) is 5.75 Å². The van der Waals surface area contributed by atoms with Crippen LogP contribution in [-0.2, 0) is 6.54 Å². The number of amides is 3. The molecule has 0 atom stereocenters. The second-order valence-electron chi connectivity index (χ2n) is 7.94. The van der Waals surface area contributed by atoms with E-state index >= 15 is 0 Å². The molecule has 1 aromatic heterocycles. The monoisotopic (exact) mass is 434 g/mol. The summed E-state index contributed by atoms with van der Waals surface area (Å²) in [5.74, 6) is 0.820. The molecule has 0 radical (unpaired) electrons. The summed E-state index contributed by atoms with van der Waals surface area (Å²) in [5.41, 5.74) is 2.86. The van der Waals surface area contributed by atoms with Crippen molar-refractivity contribution in [3.63, 3.8) is 0 Å². The van der Waals surface area contributed by atoms with Crippen LogP contribution in [0.15, 0.2) is 59.1 Å². The Morgan fingerprint density at radius 1 is 1.12 bits per heavy atom. The summed E-state index contributed by atoms with van der Waals surface area (Å²) in [7, 11) is 1.62. The van der Waals surface area contributed by atoms with Crippen molar-refractivity contribution in [1.29, 1.82) is 0 Å². The topological polar surface area (TPSA) is 87.9 Å². The van der Waals surface area contributed by atoms with Crippen LogP contribution in [-0.4, -0.2) is 42.0 Å². The third-order valence-corrected chi connectivity index (χ3v) is 5.41. The number of hydrogen-bond donors (Lipinski definition) is 1. The normalized spacial score (nSPS) is 13.7. The zero-order valence-corrected chi connectivity index (χ0v) is 18.4. The zero-order chi connectivity index (χ0) is 22.7.